The maximum atomic E-state index is 6.95. The number of hydrogen-bond acceptors (Lipinski definition) is 2. The van der Waals surface area contributed by atoms with Crippen LogP contribution in [0.5, 0.6) is 0 Å². The Kier molecular flexibility index (Phi) is 7.36. The molecule has 33 heavy (non-hydrogen) atoms. The molecule has 4 aliphatic rings. The lowest BCUT2D eigenvalue weighted by Gasteiger charge is -2.61. The van der Waals surface area contributed by atoms with Gasteiger partial charge in [0.25, 0.3) is 0 Å². The van der Waals surface area contributed by atoms with Gasteiger partial charge in [0.1, 0.15) is 0 Å². The van der Waals surface area contributed by atoms with Crippen molar-refractivity contribution in [3.63, 3.8) is 0 Å². The minimum Gasteiger partial charge on any atom is -0.414 e. The number of rotatable bonds is 8. The van der Waals surface area contributed by atoms with Crippen LogP contribution in [0.1, 0.15) is 71.6 Å². The maximum Gasteiger partial charge on any atom is 0.190 e. The maximum absolute atomic E-state index is 6.95. The van der Waals surface area contributed by atoms with Gasteiger partial charge in [0.15, 0.2) is 16.6 Å². The smallest absolute Gasteiger partial charge is 0.190 e. The lowest BCUT2D eigenvalue weighted by molar-refractivity contribution is -0.130. The van der Waals surface area contributed by atoms with Gasteiger partial charge in [-0.2, -0.15) is 0 Å². The van der Waals surface area contributed by atoms with Crippen molar-refractivity contribution in [2.75, 3.05) is 0 Å². The Bertz CT molecular complexity index is 733. The molecule has 0 aliphatic heterocycles. The highest BCUT2D eigenvalue weighted by Gasteiger charge is 2.61. The number of allylic oxidation sites excluding steroid dienone is 2. The van der Waals surface area contributed by atoms with Gasteiger partial charge in [0.2, 0.25) is 0 Å². The number of hydrogen-bond donors (Lipinski definition) is 0. The molecule has 0 aromatic heterocycles. The lowest BCUT2D eigenvalue weighted by atomic mass is 9.45. The van der Waals surface area contributed by atoms with Gasteiger partial charge in [0, 0.05) is 6.10 Å². The van der Waals surface area contributed by atoms with Crippen LogP contribution >= 0.6 is 0 Å². The standard InChI is InChI=1S/C29H52O2Si2/c1-9-19-32(5,6)30-23-15-17-28(3)22(21-23)11-12-24-25-13-14-27(31-33(7,8)20-10-2)29(25,4)18-16-26(24)28/h9-10,22-27H,1-2,11-21H2,3-8H3/t22-,23-,24?,25?,26?,27-,28-,29-/m0/s1. The summed E-state index contributed by atoms with van der Waals surface area (Å²) in [5.74, 6) is 3.58. The Balaban J connectivity index is 1.45. The van der Waals surface area contributed by atoms with E-state index in [1.807, 2.05) is 0 Å². The molecule has 8 atom stereocenters. The van der Waals surface area contributed by atoms with E-state index in [1.165, 1.54) is 57.8 Å². The van der Waals surface area contributed by atoms with Crippen molar-refractivity contribution in [1.82, 2.24) is 0 Å². The topological polar surface area (TPSA) is 18.5 Å². The lowest BCUT2D eigenvalue weighted by Crippen LogP contribution is -2.55. The van der Waals surface area contributed by atoms with Crippen molar-refractivity contribution < 1.29 is 8.85 Å². The van der Waals surface area contributed by atoms with Crippen LogP contribution in [0.4, 0.5) is 0 Å². The van der Waals surface area contributed by atoms with Crippen LogP contribution in [-0.4, -0.2) is 28.8 Å². The van der Waals surface area contributed by atoms with Crippen molar-refractivity contribution in [2.24, 2.45) is 34.5 Å². The summed E-state index contributed by atoms with van der Waals surface area (Å²) in [6, 6.07) is 2.15. The van der Waals surface area contributed by atoms with Crippen molar-refractivity contribution >= 4 is 16.6 Å². The Morgan fingerprint density at radius 2 is 1.36 bits per heavy atom. The van der Waals surface area contributed by atoms with E-state index in [1.54, 1.807) is 0 Å². The molecule has 0 amide bonds. The molecule has 0 aromatic carbocycles. The second-order valence-electron chi connectivity index (χ2n) is 13.9. The van der Waals surface area contributed by atoms with E-state index in [9.17, 15) is 0 Å². The zero-order valence-corrected chi connectivity index (χ0v) is 24.6. The molecule has 0 aromatic rings. The highest BCUT2D eigenvalue weighted by molar-refractivity contribution is 6.72. The van der Waals surface area contributed by atoms with Gasteiger partial charge in [-0.25, -0.2) is 0 Å². The fourth-order valence-electron chi connectivity index (χ4n) is 9.10. The van der Waals surface area contributed by atoms with Gasteiger partial charge >= 0.3 is 0 Å². The Hall–Kier alpha value is -0.166. The quantitative estimate of drug-likeness (QED) is 0.251. The minimum atomic E-state index is -1.65. The Labute approximate surface area is 207 Å². The first kappa shape index (κ1) is 25.9. The summed E-state index contributed by atoms with van der Waals surface area (Å²) in [6.45, 7) is 22.8. The second-order valence-corrected chi connectivity index (χ2v) is 22.2. The highest BCUT2D eigenvalue weighted by Crippen LogP contribution is 2.67. The van der Waals surface area contributed by atoms with E-state index in [-0.39, 0.29) is 0 Å². The van der Waals surface area contributed by atoms with Crippen molar-refractivity contribution in [2.45, 2.75) is 122 Å². The third kappa shape index (κ3) is 4.93. The molecule has 4 rings (SSSR count). The second kappa shape index (κ2) is 9.37. The highest BCUT2D eigenvalue weighted by atomic mass is 28.4. The van der Waals surface area contributed by atoms with Gasteiger partial charge in [-0.1, -0.05) is 26.0 Å². The summed E-state index contributed by atoms with van der Waals surface area (Å²) in [5, 5.41) is 0. The first-order chi connectivity index (χ1) is 15.4. The molecular formula is C29H52O2Si2. The third-order valence-electron chi connectivity index (χ3n) is 10.7. The van der Waals surface area contributed by atoms with Gasteiger partial charge in [-0.05, 0) is 131 Å². The van der Waals surface area contributed by atoms with Crippen LogP contribution in [-0.2, 0) is 8.85 Å². The van der Waals surface area contributed by atoms with Crippen molar-refractivity contribution in [3.8, 4) is 0 Å². The Morgan fingerprint density at radius 1 is 0.758 bits per heavy atom. The summed E-state index contributed by atoms with van der Waals surface area (Å²) in [7, 11) is -3.25. The molecule has 4 aliphatic carbocycles. The first-order valence-corrected chi connectivity index (χ1v) is 20.2. The largest absolute Gasteiger partial charge is 0.414 e. The third-order valence-corrected chi connectivity index (χ3v) is 15.2. The summed E-state index contributed by atoms with van der Waals surface area (Å²) >= 11 is 0. The molecule has 0 radical (unpaired) electrons. The zero-order chi connectivity index (χ0) is 24.1. The van der Waals surface area contributed by atoms with Crippen LogP contribution in [0.25, 0.3) is 0 Å². The molecule has 188 valence electrons. The van der Waals surface area contributed by atoms with E-state index in [0.29, 0.717) is 23.0 Å². The molecule has 2 nitrogen and oxygen atoms in total. The molecule has 0 N–H and O–H groups in total. The van der Waals surface area contributed by atoms with E-state index < -0.39 is 16.6 Å². The normalized spacial score (nSPS) is 43.3. The number of fused-ring (bicyclic) bond motifs is 5. The van der Waals surface area contributed by atoms with Crippen LogP contribution < -0.4 is 0 Å². The predicted octanol–water partition coefficient (Wildman–Crippen LogP) is 8.58. The van der Waals surface area contributed by atoms with Crippen molar-refractivity contribution in [3.05, 3.63) is 25.3 Å². The average Bonchev–Trinajstić information content (AvgIpc) is 3.03. The molecule has 4 heteroatoms. The molecule has 3 unspecified atom stereocenters. The molecule has 0 spiro atoms. The summed E-state index contributed by atoms with van der Waals surface area (Å²) in [6.07, 6.45) is 17.5. The van der Waals surface area contributed by atoms with Crippen LogP contribution in [0.3, 0.4) is 0 Å². The van der Waals surface area contributed by atoms with Crippen LogP contribution in [0.2, 0.25) is 38.3 Å². The van der Waals surface area contributed by atoms with Crippen LogP contribution in [0.15, 0.2) is 25.3 Å². The molecule has 0 saturated heterocycles. The van der Waals surface area contributed by atoms with Crippen LogP contribution in [0, 0.1) is 34.5 Å². The fraction of sp³-hybridized carbons (Fsp3) is 0.862. The molecular weight excluding hydrogens is 436 g/mol. The molecule has 0 heterocycles. The van der Waals surface area contributed by atoms with Gasteiger partial charge in [-0.15, -0.1) is 13.2 Å². The zero-order valence-electron chi connectivity index (χ0n) is 22.6. The monoisotopic (exact) mass is 488 g/mol. The van der Waals surface area contributed by atoms with E-state index in [2.05, 4.69) is 65.3 Å². The fourth-order valence-corrected chi connectivity index (χ4v) is 13.0. The van der Waals surface area contributed by atoms with Gasteiger partial charge < -0.3 is 8.85 Å². The first-order valence-electron chi connectivity index (χ1n) is 14.0. The molecule has 0 bridgehead atoms. The van der Waals surface area contributed by atoms with E-state index in [4.69, 9.17) is 8.85 Å². The van der Waals surface area contributed by atoms with Gasteiger partial charge in [0.05, 0.1) is 6.10 Å². The Morgan fingerprint density at radius 3 is 2.03 bits per heavy atom. The minimum absolute atomic E-state index is 0.399. The summed E-state index contributed by atoms with van der Waals surface area (Å²) in [5.41, 5.74) is 0.931. The summed E-state index contributed by atoms with van der Waals surface area (Å²) < 4.78 is 13.7. The summed E-state index contributed by atoms with van der Waals surface area (Å²) in [4.78, 5) is 0. The predicted molar refractivity (Wildman–Crippen MR) is 146 cm³/mol. The SMILES string of the molecule is C=CC[Si](C)(C)O[C@H]1CC[C@]2(C)C3CC[C@@]4(C)C(CC[C@@H]4O[Si](C)(C)CC=C)C3CC[C@H]2C1. The van der Waals surface area contributed by atoms with E-state index in [0.717, 1.165) is 35.8 Å². The molecule has 4 fully saturated rings. The van der Waals surface area contributed by atoms with Crippen molar-refractivity contribution in [1.29, 1.82) is 0 Å². The molecule has 4 saturated carbocycles. The van der Waals surface area contributed by atoms with Gasteiger partial charge in [-0.3, -0.25) is 0 Å². The average molecular weight is 489 g/mol. The van der Waals surface area contributed by atoms with E-state index >= 15 is 0 Å².